The quantitative estimate of drug-likeness (QED) is 0.616. The predicted molar refractivity (Wildman–Crippen MR) is 94.9 cm³/mol. The number of ether oxygens (including phenoxy) is 1. The summed E-state index contributed by atoms with van der Waals surface area (Å²) in [5.74, 6) is -0.936. The van der Waals surface area contributed by atoms with Gasteiger partial charge in [-0.25, -0.2) is 4.79 Å². The lowest BCUT2D eigenvalue weighted by molar-refractivity contribution is -0.144. The largest absolute Gasteiger partial charge is 0.455 e. The highest BCUT2D eigenvalue weighted by molar-refractivity contribution is 7.99. The number of nitrogens with one attached hydrogen (secondary N) is 3. The Morgan fingerprint density at radius 3 is 2.72 bits per heavy atom. The van der Waals surface area contributed by atoms with E-state index in [9.17, 15) is 19.2 Å². The molecule has 0 aliphatic rings. The summed E-state index contributed by atoms with van der Waals surface area (Å²) in [6, 6.07) is 6.68. The summed E-state index contributed by atoms with van der Waals surface area (Å²) in [5, 5.41) is 2.90. The molecule has 8 nitrogen and oxygen atoms in total. The molecule has 0 spiro atoms. The summed E-state index contributed by atoms with van der Waals surface area (Å²) < 4.78 is 4.84. The molecule has 0 unspecified atom stereocenters. The fourth-order valence-corrected chi connectivity index (χ4v) is 2.70. The van der Waals surface area contributed by atoms with Gasteiger partial charge in [-0.3, -0.25) is 19.4 Å². The first-order chi connectivity index (χ1) is 12.0. The van der Waals surface area contributed by atoms with E-state index in [1.165, 1.54) is 6.20 Å². The number of para-hydroxylation sites is 1. The van der Waals surface area contributed by atoms with Crippen molar-refractivity contribution < 1.29 is 14.3 Å². The zero-order valence-electron chi connectivity index (χ0n) is 12.8. The van der Waals surface area contributed by atoms with Crippen molar-refractivity contribution in [2.24, 2.45) is 0 Å². The zero-order chi connectivity index (χ0) is 18.2. The van der Waals surface area contributed by atoms with E-state index < -0.39 is 29.7 Å². The molecule has 1 aromatic heterocycles. The number of hydrogen-bond donors (Lipinski definition) is 3. The summed E-state index contributed by atoms with van der Waals surface area (Å²) in [7, 11) is 0. The minimum Gasteiger partial charge on any atom is -0.455 e. The molecule has 0 saturated heterocycles. The Balaban J connectivity index is 1.71. The third kappa shape index (κ3) is 6.12. The predicted octanol–water partition coefficient (Wildman–Crippen LogP) is 1.13. The molecule has 0 radical (unpaired) electrons. The van der Waals surface area contributed by atoms with E-state index in [0.717, 1.165) is 11.8 Å². The average Bonchev–Trinajstić information content (AvgIpc) is 2.57. The van der Waals surface area contributed by atoms with Crippen molar-refractivity contribution in [3.8, 4) is 0 Å². The van der Waals surface area contributed by atoms with E-state index >= 15 is 0 Å². The van der Waals surface area contributed by atoms with Crippen molar-refractivity contribution >= 4 is 40.9 Å². The number of carbonyl (C=O) groups is 2. The van der Waals surface area contributed by atoms with Crippen molar-refractivity contribution in [3.05, 3.63) is 61.9 Å². The van der Waals surface area contributed by atoms with Gasteiger partial charge in [-0.15, -0.1) is 11.8 Å². The second-order valence-electron chi connectivity index (χ2n) is 4.78. The summed E-state index contributed by atoms with van der Waals surface area (Å²) in [4.78, 5) is 50.1. The van der Waals surface area contributed by atoms with Crippen LogP contribution in [0.1, 0.15) is 5.56 Å². The molecule has 1 heterocycles. The minimum atomic E-state index is -0.597. The highest BCUT2D eigenvalue weighted by atomic mass is 35.5. The number of rotatable bonds is 7. The Morgan fingerprint density at radius 2 is 2.00 bits per heavy atom. The fourth-order valence-electron chi connectivity index (χ4n) is 1.73. The number of carbonyl (C=O) groups excluding carboxylic acids is 2. The smallest absolute Gasteiger partial charge is 0.325 e. The monoisotopic (exact) mass is 383 g/mol. The third-order valence-electron chi connectivity index (χ3n) is 2.89. The number of aromatic nitrogens is 2. The first kappa shape index (κ1) is 18.8. The number of aromatic amines is 2. The van der Waals surface area contributed by atoms with Gasteiger partial charge in [-0.2, -0.15) is 0 Å². The van der Waals surface area contributed by atoms with Gasteiger partial charge in [0.15, 0.2) is 6.61 Å². The highest BCUT2D eigenvalue weighted by Gasteiger charge is 2.10. The number of halogens is 1. The van der Waals surface area contributed by atoms with Gasteiger partial charge in [0.2, 0.25) is 0 Å². The third-order valence-corrected chi connectivity index (χ3v) is 4.17. The lowest BCUT2D eigenvalue weighted by Gasteiger charge is -2.07. The molecule has 1 aromatic carbocycles. The molecule has 0 aliphatic heterocycles. The van der Waals surface area contributed by atoms with Crippen LogP contribution in [-0.4, -0.2) is 34.2 Å². The number of esters is 1. The van der Waals surface area contributed by atoms with E-state index in [1.807, 2.05) is 0 Å². The number of anilines is 1. The van der Waals surface area contributed by atoms with Gasteiger partial charge in [0.25, 0.3) is 11.5 Å². The Morgan fingerprint density at radius 1 is 1.24 bits per heavy atom. The van der Waals surface area contributed by atoms with Gasteiger partial charge >= 0.3 is 11.7 Å². The molecule has 2 rings (SSSR count). The molecular weight excluding hydrogens is 370 g/mol. The molecular formula is C15H14ClN3O5S. The Bertz CT molecular complexity index is 880. The van der Waals surface area contributed by atoms with Crippen LogP contribution in [0.4, 0.5) is 5.69 Å². The molecule has 10 heteroatoms. The van der Waals surface area contributed by atoms with Crippen molar-refractivity contribution in [1.82, 2.24) is 9.97 Å². The summed E-state index contributed by atoms with van der Waals surface area (Å²) in [6.07, 6.45) is 1.29. The van der Waals surface area contributed by atoms with Gasteiger partial charge in [0.1, 0.15) is 0 Å². The summed E-state index contributed by atoms with van der Waals surface area (Å²) >= 11 is 7.03. The van der Waals surface area contributed by atoms with Crippen molar-refractivity contribution in [2.75, 3.05) is 17.7 Å². The van der Waals surface area contributed by atoms with Crippen molar-refractivity contribution in [3.63, 3.8) is 0 Å². The standard InChI is InChI=1S/C15H14ClN3O5S/c16-10-3-1-2-4-11(10)18-12(20)6-24-13(21)8-25-7-9-5-17-15(23)19-14(9)22/h1-5H,6-8H2,(H,18,20)(H2,17,19,22,23). The lowest BCUT2D eigenvalue weighted by Crippen LogP contribution is -2.24. The molecule has 0 atom stereocenters. The van der Waals surface area contributed by atoms with E-state index in [-0.39, 0.29) is 11.5 Å². The average molecular weight is 384 g/mol. The molecule has 25 heavy (non-hydrogen) atoms. The van der Waals surface area contributed by atoms with E-state index in [0.29, 0.717) is 16.3 Å². The topological polar surface area (TPSA) is 121 Å². The normalized spacial score (nSPS) is 10.3. The van der Waals surface area contributed by atoms with Crippen LogP contribution < -0.4 is 16.6 Å². The van der Waals surface area contributed by atoms with Crippen LogP contribution in [0.5, 0.6) is 0 Å². The Hall–Kier alpha value is -2.52. The lowest BCUT2D eigenvalue weighted by atomic mass is 10.3. The van der Waals surface area contributed by atoms with Crippen LogP contribution in [0.3, 0.4) is 0 Å². The maximum Gasteiger partial charge on any atom is 0.325 e. The Kier molecular flexibility index (Phi) is 6.84. The summed E-state index contributed by atoms with van der Waals surface area (Å²) in [6.45, 7) is -0.441. The first-order valence-electron chi connectivity index (χ1n) is 7.04. The molecule has 1 amide bonds. The second kappa shape index (κ2) is 9.09. The SMILES string of the molecule is O=C(COC(=O)CSCc1c[nH]c(=O)[nH]c1=O)Nc1ccccc1Cl. The van der Waals surface area contributed by atoms with E-state index in [2.05, 4.69) is 15.3 Å². The maximum atomic E-state index is 11.7. The molecule has 0 saturated carbocycles. The number of H-pyrrole nitrogens is 2. The van der Waals surface area contributed by atoms with Gasteiger partial charge in [0.05, 0.1) is 16.5 Å². The highest BCUT2D eigenvalue weighted by Crippen LogP contribution is 2.20. The number of amides is 1. The van der Waals surface area contributed by atoms with Gasteiger partial charge in [-0.1, -0.05) is 23.7 Å². The number of hydrogen-bond acceptors (Lipinski definition) is 6. The van der Waals surface area contributed by atoms with Crippen LogP contribution in [0, 0.1) is 0 Å². The molecule has 2 aromatic rings. The molecule has 0 bridgehead atoms. The van der Waals surface area contributed by atoms with Gasteiger partial charge < -0.3 is 15.0 Å². The van der Waals surface area contributed by atoms with Crippen LogP contribution in [0.2, 0.25) is 5.02 Å². The van der Waals surface area contributed by atoms with Crippen molar-refractivity contribution in [2.45, 2.75) is 5.75 Å². The summed E-state index contributed by atoms with van der Waals surface area (Å²) in [5.41, 5.74) is -0.350. The first-order valence-corrected chi connectivity index (χ1v) is 8.57. The number of thioether (sulfide) groups is 1. The van der Waals surface area contributed by atoms with Crippen LogP contribution in [0.25, 0.3) is 0 Å². The van der Waals surface area contributed by atoms with Crippen LogP contribution in [0.15, 0.2) is 40.1 Å². The van der Waals surface area contributed by atoms with Gasteiger partial charge in [-0.05, 0) is 12.1 Å². The van der Waals surface area contributed by atoms with Gasteiger partial charge in [0, 0.05) is 17.5 Å². The maximum absolute atomic E-state index is 11.7. The minimum absolute atomic E-state index is 0.0437. The van der Waals surface area contributed by atoms with Crippen molar-refractivity contribution in [1.29, 1.82) is 0 Å². The fraction of sp³-hybridized carbons (Fsp3) is 0.200. The molecule has 132 valence electrons. The number of benzene rings is 1. The van der Waals surface area contributed by atoms with Crippen LogP contribution in [-0.2, 0) is 20.1 Å². The molecule has 0 fully saturated rings. The van der Waals surface area contributed by atoms with E-state index in [1.54, 1.807) is 24.3 Å². The van der Waals surface area contributed by atoms with Crippen LogP contribution >= 0.6 is 23.4 Å². The molecule has 3 N–H and O–H groups in total. The zero-order valence-corrected chi connectivity index (χ0v) is 14.4. The Labute approximate surface area is 150 Å². The molecule has 0 aliphatic carbocycles. The van der Waals surface area contributed by atoms with E-state index in [4.69, 9.17) is 16.3 Å². The second-order valence-corrected chi connectivity index (χ2v) is 6.17.